The number of hydrogen-bond acceptors (Lipinski definition) is 4. The Bertz CT molecular complexity index is 1920. The van der Waals surface area contributed by atoms with E-state index in [9.17, 15) is 27.9 Å². The zero-order chi connectivity index (χ0) is 25.9. The molecule has 0 atom stereocenters. The molecule has 6 aromatic rings. The molecule has 0 radical (unpaired) electrons. The second kappa shape index (κ2) is 11.7. The summed E-state index contributed by atoms with van der Waals surface area (Å²) in [6, 6.07) is 26.9. The molecule has 0 saturated heterocycles. The summed E-state index contributed by atoms with van der Waals surface area (Å²) in [4.78, 5) is 25.9. The van der Waals surface area contributed by atoms with Crippen molar-refractivity contribution in [3.63, 3.8) is 0 Å². The predicted octanol–water partition coefficient (Wildman–Crippen LogP) is 5.83. The van der Waals surface area contributed by atoms with Gasteiger partial charge in [-0.05, 0) is 35.4 Å². The van der Waals surface area contributed by atoms with Crippen LogP contribution >= 0.6 is 11.3 Å². The zero-order valence-corrected chi connectivity index (χ0v) is 23.8. The van der Waals surface area contributed by atoms with Crippen LogP contribution < -0.4 is 5.56 Å². The third kappa shape index (κ3) is 5.05. The first-order valence-corrected chi connectivity index (χ1v) is 12.1. The second-order valence-corrected chi connectivity index (χ2v) is 9.59. The van der Waals surface area contributed by atoms with E-state index in [4.69, 9.17) is 0 Å². The molecule has 0 bridgehead atoms. The van der Waals surface area contributed by atoms with E-state index in [1.54, 1.807) is 30.3 Å². The number of aromatic hydroxyl groups is 1. The number of carbonyl (C=O) groups excluding carboxylic acids is 1. The minimum absolute atomic E-state index is 0. The van der Waals surface area contributed by atoms with Crippen LogP contribution in [0.3, 0.4) is 0 Å². The quantitative estimate of drug-likeness (QED) is 0.234. The van der Waals surface area contributed by atoms with Gasteiger partial charge in [0.05, 0.1) is 10.2 Å². The van der Waals surface area contributed by atoms with Crippen LogP contribution in [0.1, 0.15) is 10.4 Å². The van der Waals surface area contributed by atoms with Gasteiger partial charge in [0, 0.05) is 66.9 Å². The molecule has 2 aromatic heterocycles. The van der Waals surface area contributed by atoms with Gasteiger partial charge in [0.1, 0.15) is 11.3 Å². The number of benzene rings is 4. The van der Waals surface area contributed by atoms with E-state index in [2.05, 4.69) is 0 Å². The number of halogens is 3. The van der Waals surface area contributed by atoms with Gasteiger partial charge in [-0.3, -0.25) is 14.2 Å². The first-order chi connectivity index (χ1) is 17.8. The molecular formula is C29H20F3NO5SSm. The first kappa shape index (κ1) is 31.4. The van der Waals surface area contributed by atoms with Crippen molar-refractivity contribution in [2.24, 2.45) is 0 Å². The van der Waals surface area contributed by atoms with E-state index in [1.165, 1.54) is 17.4 Å². The van der Waals surface area contributed by atoms with E-state index in [0.717, 1.165) is 31.2 Å². The largest absolute Gasteiger partial charge is 0.506 e. The normalized spacial score (nSPS) is 11.1. The van der Waals surface area contributed by atoms with Crippen molar-refractivity contribution in [3.05, 3.63) is 107 Å². The summed E-state index contributed by atoms with van der Waals surface area (Å²) in [5.74, 6) is -3.36. The van der Waals surface area contributed by atoms with Gasteiger partial charge in [0.25, 0.3) is 11.3 Å². The molecule has 6 nitrogen and oxygen atoms in total. The molecule has 0 aliphatic heterocycles. The van der Waals surface area contributed by atoms with Gasteiger partial charge < -0.3 is 16.1 Å². The van der Waals surface area contributed by atoms with Crippen LogP contribution in [-0.4, -0.2) is 32.6 Å². The summed E-state index contributed by atoms with van der Waals surface area (Å²) < 4.78 is 43.0. The van der Waals surface area contributed by atoms with Crippen molar-refractivity contribution < 1.29 is 74.4 Å². The van der Waals surface area contributed by atoms with Crippen LogP contribution in [0.4, 0.5) is 13.2 Å². The molecule has 0 amide bonds. The second-order valence-electron chi connectivity index (χ2n) is 8.54. The molecule has 0 aliphatic rings. The maximum atomic E-state index is 13.6. The Balaban J connectivity index is 0.00000147. The fourth-order valence-electron chi connectivity index (χ4n) is 4.66. The molecule has 204 valence electrons. The predicted molar refractivity (Wildman–Crippen MR) is 147 cm³/mol. The zero-order valence-electron chi connectivity index (χ0n) is 20.3. The fraction of sp³-hybridized carbons (Fsp3) is 0.0345. The number of thiophene rings is 1. The van der Waals surface area contributed by atoms with Crippen LogP contribution in [-0.2, 0) is 0 Å². The van der Waals surface area contributed by atoms with Crippen molar-refractivity contribution in [2.75, 3.05) is 0 Å². The Hall–Kier alpha value is -3.17. The van der Waals surface area contributed by atoms with Gasteiger partial charge in [0.15, 0.2) is 0 Å². The number of alkyl halides is 3. The van der Waals surface area contributed by atoms with Crippen LogP contribution in [0, 0.1) is 40.4 Å². The van der Waals surface area contributed by atoms with Crippen LogP contribution in [0.2, 0.25) is 0 Å². The van der Waals surface area contributed by atoms with Gasteiger partial charge in [-0.1, -0.05) is 66.7 Å². The topological polar surface area (TPSA) is 122 Å². The SMILES string of the molecule is O.O.O=C(c1c(O)c2ccc3c4ccccc4sc3c2n(-c2ccc(-c3ccccc3)cc2)c1=O)C(F)(F)F.[Sm]. The summed E-state index contributed by atoms with van der Waals surface area (Å²) >= 11 is 1.36. The Morgan fingerprint density at radius 3 is 1.98 bits per heavy atom. The van der Waals surface area contributed by atoms with Crippen molar-refractivity contribution >= 4 is 48.2 Å². The number of rotatable bonds is 3. The van der Waals surface area contributed by atoms with Crippen LogP contribution in [0.5, 0.6) is 5.75 Å². The van der Waals surface area contributed by atoms with Crippen LogP contribution in [0.15, 0.2) is 95.8 Å². The van der Waals surface area contributed by atoms with Crippen molar-refractivity contribution in [1.82, 2.24) is 4.57 Å². The third-order valence-electron chi connectivity index (χ3n) is 6.37. The van der Waals surface area contributed by atoms with Gasteiger partial charge in [-0.25, -0.2) is 0 Å². The summed E-state index contributed by atoms with van der Waals surface area (Å²) in [5, 5.41) is 12.5. The summed E-state index contributed by atoms with van der Waals surface area (Å²) in [7, 11) is 0. The molecule has 0 fully saturated rings. The molecule has 11 heteroatoms. The molecule has 6 rings (SSSR count). The Morgan fingerprint density at radius 2 is 1.32 bits per heavy atom. The summed E-state index contributed by atoms with van der Waals surface area (Å²) in [6.45, 7) is 0. The Labute approximate surface area is 261 Å². The number of pyridine rings is 1. The number of fused-ring (bicyclic) bond motifs is 5. The van der Waals surface area contributed by atoms with Crippen LogP contribution in [0.25, 0.3) is 47.9 Å². The maximum Gasteiger partial charge on any atom is 0.455 e. The minimum Gasteiger partial charge on any atom is -0.506 e. The standard InChI is InChI=1S/C29H16F3NO3S.2H2O.Sm/c30-29(31,32)27(35)23-25(34)21-15-14-20-19-8-4-5-9-22(19)37-26(20)24(21)33(28(23)36)18-12-10-17(11-13-18)16-6-2-1-3-7-16;;;/h1-15,34H;2*1H2;. The average molecular weight is 702 g/mol. The smallest absolute Gasteiger partial charge is 0.455 e. The van der Waals surface area contributed by atoms with Gasteiger partial charge in [0.2, 0.25) is 0 Å². The molecule has 4 aromatic carbocycles. The number of nitrogens with zero attached hydrogens (tertiary/aromatic N) is 1. The molecule has 5 N–H and O–H groups in total. The maximum absolute atomic E-state index is 13.6. The van der Waals surface area contributed by atoms with Gasteiger partial charge in [-0.15, -0.1) is 11.3 Å². The molecule has 2 heterocycles. The number of aromatic nitrogens is 1. The van der Waals surface area contributed by atoms with Gasteiger partial charge >= 0.3 is 6.18 Å². The third-order valence-corrected chi connectivity index (χ3v) is 7.56. The molecule has 0 saturated carbocycles. The average Bonchev–Trinajstić information content (AvgIpc) is 3.28. The van der Waals surface area contributed by atoms with E-state index in [-0.39, 0.29) is 67.9 Å². The number of hydrogen-bond donors (Lipinski definition) is 1. The van der Waals surface area contributed by atoms with Crippen molar-refractivity contribution in [2.45, 2.75) is 6.18 Å². The minimum atomic E-state index is -5.33. The van der Waals surface area contributed by atoms with E-state index in [0.29, 0.717) is 4.70 Å². The molecule has 0 unspecified atom stereocenters. The van der Waals surface area contributed by atoms with E-state index < -0.39 is 28.8 Å². The van der Waals surface area contributed by atoms with Crippen molar-refractivity contribution in [1.29, 1.82) is 0 Å². The number of Topliss-reactive ketones (excluding diaryl/α,β-unsaturated/α-hetero) is 1. The monoisotopic (exact) mass is 703 g/mol. The van der Waals surface area contributed by atoms with Crippen molar-refractivity contribution in [3.8, 4) is 22.6 Å². The fourth-order valence-corrected chi connectivity index (χ4v) is 5.90. The Morgan fingerprint density at radius 1 is 0.750 bits per heavy atom. The molecule has 0 spiro atoms. The molecule has 40 heavy (non-hydrogen) atoms. The summed E-state index contributed by atoms with van der Waals surface area (Å²) in [5.41, 5.74) is -0.239. The molecular weight excluding hydrogens is 682 g/mol. The van der Waals surface area contributed by atoms with E-state index in [1.807, 2.05) is 54.6 Å². The molecule has 0 aliphatic carbocycles. The Kier molecular flexibility index (Phi) is 9.21. The summed E-state index contributed by atoms with van der Waals surface area (Å²) in [6.07, 6.45) is -5.33. The number of ketones is 1. The number of carbonyl (C=O) groups is 1. The van der Waals surface area contributed by atoms with Gasteiger partial charge in [-0.2, -0.15) is 13.2 Å². The first-order valence-electron chi connectivity index (χ1n) is 11.2. The van der Waals surface area contributed by atoms with E-state index >= 15 is 0 Å².